The lowest BCUT2D eigenvalue weighted by Crippen LogP contribution is -2.54. The Morgan fingerprint density at radius 3 is 2.48 bits per heavy atom. The predicted octanol–water partition coefficient (Wildman–Crippen LogP) is 5.35. The molecular weight excluding hydrogens is 334 g/mol. The molecule has 0 bridgehead atoms. The molecular formula is C24H41NO2. The molecule has 0 aliphatic heterocycles. The third-order valence-electron chi connectivity index (χ3n) is 7.82. The highest BCUT2D eigenvalue weighted by Crippen LogP contribution is 2.61. The van der Waals surface area contributed by atoms with Gasteiger partial charge in [-0.15, -0.1) is 0 Å². The summed E-state index contributed by atoms with van der Waals surface area (Å²) in [5.41, 5.74) is 2.72. The van der Waals surface area contributed by atoms with Crippen molar-refractivity contribution in [1.29, 1.82) is 0 Å². The van der Waals surface area contributed by atoms with Gasteiger partial charge in [0.05, 0.1) is 6.10 Å². The van der Waals surface area contributed by atoms with Gasteiger partial charge in [-0.1, -0.05) is 38.5 Å². The summed E-state index contributed by atoms with van der Waals surface area (Å²) in [6, 6.07) is 0. The van der Waals surface area contributed by atoms with Gasteiger partial charge in [-0.3, -0.25) is 4.79 Å². The fraction of sp³-hybridized carbons (Fsp3) is 0.792. The van der Waals surface area contributed by atoms with Crippen molar-refractivity contribution in [2.75, 3.05) is 13.1 Å². The van der Waals surface area contributed by atoms with Gasteiger partial charge >= 0.3 is 0 Å². The van der Waals surface area contributed by atoms with E-state index in [-0.39, 0.29) is 22.8 Å². The fourth-order valence-corrected chi connectivity index (χ4v) is 5.98. The normalized spacial score (nSPS) is 33.5. The summed E-state index contributed by atoms with van der Waals surface area (Å²) < 4.78 is 0. The van der Waals surface area contributed by atoms with E-state index < -0.39 is 0 Å². The van der Waals surface area contributed by atoms with E-state index >= 15 is 0 Å². The Morgan fingerprint density at radius 2 is 1.89 bits per heavy atom. The Balaban J connectivity index is 2.12. The summed E-state index contributed by atoms with van der Waals surface area (Å²) in [6.07, 6.45) is 7.82. The average Bonchev–Trinajstić information content (AvgIpc) is 2.59. The van der Waals surface area contributed by atoms with Crippen molar-refractivity contribution in [1.82, 2.24) is 4.90 Å². The number of carbonyl (C=O) groups is 1. The lowest BCUT2D eigenvalue weighted by Gasteiger charge is -2.59. The largest absolute Gasteiger partial charge is 0.393 e. The Bertz CT molecular complexity index is 587. The third kappa shape index (κ3) is 4.34. The highest BCUT2D eigenvalue weighted by atomic mass is 16.3. The van der Waals surface area contributed by atoms with Crippen LogP contribution in [-0.2, 0) is 4.79 Å². The number of aliphatic hydroxyl groups is 1. The topological polar surface area (TPSA) is 40.5 Å². The van der Waals surface area contributed by atoms with Crippen molar-refractivity contribution < 1.29 is 9.90 Å². The van der Waals surface area contributed by atoms with Crippen LogP contribution in [0.2, 0.25) is 0 Å². The molecule has 2 aliphatic carbocycles. The van der Waals surface area contributed by atoms with Gasteiger partial charge in [0, 0.05) is 19.2 Å². The van der Waals surface area contributed by atoms with Gasteiger partial charge in [0.15, 0.2) is 0 Å². The van der Waals surface area contributed by atoms with Crippen LogP contribution in [0.4, 0.5) is 0 Å². The average molecular weight is 376 g/mol. The Hall–Kier alpha value is -1.09. The molecule has 0 heterocycles. The van der Waals surface area contributed by atoms with Crippen LogP contribution in [-0.4, -0.2) is 35.1 Å². The molecule has 3 heteroatoms. The minimum Gasteiger partial charge on any atom is -0.393 e. The van der Waals surface area contributed by atoms with Gasteiger partial charge in [-0.05, 0) is 82.0 Å². The quantitative estimate of drug-likeness (QED) is 0.502. The van der Waals surface area contributed by atoms with Crippen molar-refractivity contribution in [2.45, 2.75) is 86.2 Å². The zero-order valence-corrected chi connectivity index (χ0v) is 18.5. The molecule has 1 amide bonds. The second-order valence-electron chi connectivity index (χ2n) is 9.72. The molecule has 0 aromatic rings. The lowest BCUT2D eigenvalue weighted by molar-refractivity contribution is -0.125. The van der Waals surface area contributed by atoms with Gasteiger partial charge in [0.25, 0.3) is 0 Å². The van der Waals surface area contributed by atoms with E-state index in [4.69, 9.17) is 0 Å². The number of fused-ring (bicyclic) bond motifs is 1. The molecule has 2 saturated carbocycles. The minimum absolute atomic E-state index is 0.0322. The number of likely N-dealkylation sites (N-methyl/N-ethyl adjacent to an activating group) is 1. The van der Waals surface area contributed by atoms with E-state index in [1.807, 2.05) is 24.8 Å². The van der Waals surface area contributed by atoms with Crippen LogP contribution in [0.25, 0.3) is 0 Å². The van der Waals surface area contributed by atoms with Crippen molar-refractivity contribution in [3.8, 4) is 0 Å². The van der Waals surface area contributed by atoms with Crippen LogP contribution in [0, 0.1) is 22.7 Å². The zero-order valence-electron chi connectivity index (χ0n) is 18.5. The molecule has 4 atom stereocenters. The molecule has 0 unspecified atom stereocenters. The second kappa shape index (κ2) is 8.51. The molecule has 0 saturated heterocycles. The number of allylic oxidation sites excluding steroid dienone is 2. The van der Waals surface area contributed by atoms with E-state index in [9.17, 15) is 9.90 Å². The highest BCUT2D eigenvalue weighted by Gasteiger charge is 2.55. The second-order valence-corrected chi connectivity index (χ2v) is 9.72. The number of amides is 1. The molecule has 1 N–H and O–H groups in total. The number of nitrogens with zero attached hydrogens (tertiary/aromatic N) is 1. The molecule has 2 fully saturated rings. The van der Waals surface area contributed by atoms with Crippen molar-refractivity contribution in [2.24, 2.45) is 22.7 Å². The molecule has 0 aromatic heterocycles. The standard InChI is InChI=1S/C24H41NO2/c1-8-25(9-2)22(27)16-17(3)10-12-19-18(4)11-13-20-23(5,6)21(26)14-15-24(19,20)7/h16,19-21,26H,4,8-15H2,1-3,5-7H3/b17-16+/t19-,20-,21-,24+/m1/s1. The zero-order chi connectivity index (χ0) is 20.4. The molecule has 0 aromatic carbocycles. The van der Waals surface area contributed by atoms with Crippen LogP contribution < -0.4 is 0 Å². The Labute approximate surface area is 166 Å². The first-order chi connectivity index (χ1) is 12.6. The van der Waals surface area contributed by atoms with Crippen LogP contribution in [0.15, 0.2) is 23.8 Å². The van der Waals surface area contributed by atoms with Crippen molar-refractivity contribution in [3.05, 3.63) is 23.8 Å². The summed E-state index contributed by atoms with van der Waals surface area (Å²) in [5, 5.41) is 10.6. The molecule has 2 aliphatic rings. The molecule has 3 nitrogen and oxygen atoms in total. The number of hydrogen-bond acceptors (Lipinski definition) is 2. The van der Waals surface area contributed by atoms with Gasteiger partial charge in [-0.25, -0.2) is 0 Å². The maximum atomic E-state index is 12.3. The van der Waals surface area contributed by atoms with E-state index in [2.05, 4.69) is 34.3 Å². The smallest absolute Gasteiger partial charge is 0.246 e. The van der Waals surface area contributed by atoms with Gasteiger partial charge in [-0.2, -0.15) is 0 Å². The molecule has 154 valence electrons. The first kappa shape index (κ1) is 22.2. The summed E-state index contributed by atoms with van der Waals surface area (Å²) >= 11 is 0. The van der Waals surface area contributed by atoms with Gasteiger partial charge in [0.2, 0.25) is 5.91 Å². The number of aliphatic hydroxyl groups excluding tert-OH is 1. The van der Waals surface area contributed by atoms with Crippen LogP contribution in [0.1, 0.15) is 80.1 Å². The molecule has 0 radical (unpaired) electrons. The minimum atomic E-state index is -0.198. The van der Waals surface area contributed by atoms with Gasteiger partial charge < -0.3 is 10.0 Å². The van der Waals surface area contributed by atoms with E-state index in [0.29, 0.717) is 11.8 Å². The molecule has 2 rings (SSSR count). The maximum absolute atomic E-state index is 12.3. The van der Waals surface area contributed by atoms with E-state index in [1.165, 1.54) is 11.1 Å². The summed E-state index contributed by atoms with van der Waals surface area (Å²) in [7, 11) is 0. The third-order valence-corrected chi connectivity index (χ3v) is 7.82. The lowest BCUT2D eigenvalue weighted by atomic mass is 9.46. The summed E-state index contributed by atoms with van der Waals surface area (Å²) in [4.78, 5) is 14.2. The highest BCUT2D eigenvalue weighted by molar-refractivity contribution is 5.88. The van der Waals surface area contributed by atoms with Crippen LogP contribution in [0.5, 0.6) is 0 Å². The maximum Gasteiger partial charge on any atom is 0.246 e. The van der Waals surface area contributed by atoms with Crippen molar-refractivity contribution in [3.63, 3.8) is 0 Å². The summed E-state index contributed by atoms with van der Waals surface area (Å²) in [6.45, 7) is 19.0. The molecule has 0 spiro atoms. The van der Waals surface area contributed by atoms with Crippen LogP contribution in [0.3, 0.4) is 0 Å². The van der Waals surface area contributed by atoms with E-state index in [1.54, 1.807) is 0 Å². The Kier molecular flexibility index (Phi) is 7.00. The monoisotopic (exact) mass is 375 g/mol. The Morgan fingerprint density at radius 1 is 1.26 bits per heavy atom. The first-order valence-corrected chi connectivity index (χ1v) is 10.9. The number of rotatable bonds is 6. The van der Waals surface area contributed by atoms with E-state index in [0.717, 1.165) is 51.6 Å². The predicted molar refractivity (Wildman–Crippen MR) is 113 cm³/mol. The SMILES string of the molecule is C=C1CC[C@@H]2C(C)(C)[C@H](O)CC[C@@]2(C)[C@@H]1CC/C(C)=C/C(=O)N(CC)CC. The number of hydrogen-bond donors (Lipinski definition) is 1. The van der Waals surface area contributed by atoms with Gasteiger partial charge in [0.1, 0.15) is 0 Å². The number of carbonyl (C=O) groups excluding carboxylic acids is 1. The van der Waals surface area contributed by atoms with Crippen molar-refractivity contribution >= 4 is 5.91 Å². The molecule has 27 heavy (non-hydrogen) atoms. The first-order valence-electron chi connectivity index (χ1n) is 10.9. The summed E-state index contributed by atoms with van der Waals surface area (Å²) in [5.74, 6) is 1.15. The fourth-order valence-electron chi connectivity index (χ4n) is 5.98. The van der Waals surface area contributed by atoms with Crippen LogP contribution >= 0.6 is 0 Å².